The van der Waals surface area contributed by atoms with Gasteiger partial charge in [0.15, 0.2) is 0 Å². The van der Waals surface area contributed by atoms with Crippen molar-refractivity contribution in [3.63, 3.8) is 0 Å². The third kappa shape index (κ3) is 18.5. The summed E-state index contributed by atoms with van der Waals surface area (Å²) < 4.78 is 5.37. The molecule has 0 fully saturated rings. The Bertz CT molecular complexity index is 604. The molecule has 0 aromatic rings. The van der Waals surface area contributed by atoms with Crippen LogP contribution < -0.4 is 0 Å². The predicted octanol–water partition coefficient (Wildman–Crippen LogP) is 4.94. The summed E-state index contributed by atoms with van der Waals surface area (Å²) in [5, 5.41) is 19.3. The van der Waals surface area contributed by atoms with Crippen LogP contribution in [0.25, 0.3) is 0 Å². The first kappa shape index (κ1) is 32.1. The molecule has 0 spiro atoms. The lowest BCUT2D eigenvalue weighted by Gasteiger charge is -2.27. The first-order valence-corrected chi connectivity index (χ1v) is 12.9. The van der Waals surface area contributed by atoms with Gasteiger partial charge in [-0.2, -0.15) is 0 Å². The van der Waals surface area contributed by atoms with Crippen LogP contribution in [-0.4, -0.2) is 65.6 Å². The molecule has 0 saturated carbocycles. The average molecular weight is 487 g/mol. The number of aliphatic hydroxyl groups is 1. The Hall–Kier alpha value is -1.93. The number of nitrogens with zero attached hydrogens (tertiary/aromatic N) is 1. The third-order valence-corrected chi connectivity index (χ3v) is 5.42. The van der Waals surface area contributed by atoms with E-state index in [1.54, 1.807) is 14.1 Å². The van der Waals surface area contributed by atoms with Gasteiger partial charge >= 0.3 is 17.9 Å². The van der Waals surface area contributed by atoms with Gasteiger partial charge in [-0.15, -0.1) is 4.65 Å². The van der Waals surface area contributed by atoms with Crippen LogP contribution in [0.5, 0.6) is 0 Å². The maximum absolute atomic E-state index is 12.5. The van der Waals surface area contributed by atoms with Crippen LogP contribution in [-0.2, 0) is 24.0 Å². The Kier molecular flexibility index (Phi) is 18.3. The van der Waals surface area contributed by atoms with Gasteiger partial charge in [0, 0.05) is 6.42 Å². The number of esters is 1. The summed E-state index contributed by atoms with van der Waals surface area (Å²) in [7, 11) is 3.26. The van der Waals surface area contributed by atoms with Crippen molar-refractivity contribution in [2.24, 2.45) is 0 Å². The number of allylic oxidation sites excluding steroid dienone is 1. The second-order valence-electron chi connectivity index (χ2n) is 9.44. The number of hydrogen-bond donors (Lipinski definition) is 2. The molecule has 0 saturated heterocycles. The van der Waals surface area contributed by atoms with Crippen molar-refractivity contribution in [2.75, 3.05) is 20.6 Å². The molecular weight excluding hydrogens is 438 g/mol. The molecular formula is C26H48NO7+. The van der Waals surface area contributed by atoms with Gasteiger partial charge in [0.2, 0.25) is 6.54 Å². The summed E-state index contributed by atoms with van der Waals surface area (Å²) in [6.45, 7) is 3.86. The van der Waals surface area contributed by atoms with Gasteiger partial charge in [-0.25, -0.2) is 9.59 Å². The molecule has 8 nitrogen and oxygen atoms in total. The Labute approximate surface area is 205 Å². The van der Waals surface area contributed by atoms with Crippen molar-refractivity contribution in [1.29, 1.82) is 0 Å². The highest BCUT2D eigenvalue weighted by Gasteiger charge is 2.30. The van der Waals surface area contributed by atoms with Crippen molar-refractivity contribution < 1.29 is 38.8 Å². The predicted molar refractivity (Wildman–Crippen MR) is 132 cm³/mol. The molecule has 2 N–H and O–H groups in total. The fraction of sp³-hybridized carbons (Fsp3) is 0.808. The van der Waals surface area contributed by atoms with Crippen molar-refractivity contribution in [3.05, 3.63) is 12.2 Å². The zero-order chi connectivity index (χ0) is 25.8. The van der Waals surface area contributed by atoms with Crippen LogP contribution in [0.1, 0.15) is 104 Å². The fourth-order valence-corrected chi connectivity index (χ4v) is 3.57. The molecule has 0 rings (SSSR count). The molecule has 2 unspecified atom stereocenters. The summed E-state index contributed by atoms with van der Waals surface area (Å²) >= 11 is 0. The first-order chi connectivity index (χ1) is 16.1. The van der Waals surface area contributed by atoms with Gasteiger partial charge in [0.1, 0.15) is 20.2 Å². The number of hydrogen-bond acceptors (Lipinski definition) is 6. The second-order valence-corrected chi connectivity index (χ2v) is 9.44. The van der Waals surface area contributed by atoms with Crippen LogP contribution in [0, 0.1) is 0 Å². The van der Waals surface area contributed by atoms with Crippen molar-refractivity contribution in [2.45, 2.75) is 116 Å². The lowest BCUT2D eigenvalue weighted by Crippen LogP contribution is -2.47. The molecule has 0 aromatic heterocycles. The summed E-state index contributed by atoms with van der Waals surface area (Å²) in [6, 6.07) is 0. The average Bonchev–Trinajstić information content (AvgIpc) is 2.73. The molecule has 0 aromatic carbocycles. The van der Waals surface area contributed by atoms with E-state index in [0.29, 0.717) is 25.7 Å². The second kappa shape index (κ2) is 19.4. The van der Waals surface area contributed by atoms with E-state index in [1.807, 2.05) is 19.1 Å². The molecule has 8 heteroatoms. The highest BCUT2D eigenvalue weighted by atomic mass is 16.7. The van der Waals surface area contributed by atoms with Crippen molar-refractivity contribution in [1.82, 2.24) is 0 Å². The molecule has 198 valence electrons. The van der Waals surface area contributed by atoms with Crippen LogP contribution in [0.4, 0.5) is 0 Å². The minimum absolute atomic E-state index is 0.116. The Balaban J connectivity index is 4.48. The molecule has 0 aliphatic carbocycles. The molecule has 0 bridgehead atoms. The molecule has 0 aliphatic heterocycles. The minimum atomic E-state index is -0.786. The Morgan fingerprint density at radius 1 is 0.853 bits per heavy atom. The number of rotatable bonds is 21. The number of carboxylic acid groups (broad SMARTS) is 1. The van der Waals surface area contributed by atoms with E-state index in [9.17, 15) is 19.5 Å². The van der Waals surface area contributed by atoms with Crippen LogP contribution in [0.2, 0.25) is 0 Å². The van der Waals surface area contributed by atoms with Crippen molar-refractivity contribution in [3.8, 4) is 0 Å². The Morgan fingerprint density at radius 2 is 1.53 bits per heavy atom. The van der Waals surface area contributed by atoms with E-state index < -0.39 is 24.1 Å². The quantitative estimate of drug-likeness (QED) is 0.0777. The molecule has 0 amide bonds. The summed E-state index contributed by atoms with van der Waals surface area (Å²) in [5.41, 5.74) is 0. The van der Waals surface area contributed by atoms with E-state index in [1.165, 1.54) is 0 Å². The maximum atomic E-state index is 12.5. The number of likely N-dealkylation sites (N-methyl/N-ethyl adjacent to an activating group) is 1. The van der Waals surface area contributed by atoms with Crippen LogP contribution in [0.15, 0.2) is 12.2 Å². The zero-order valence-electron chi connectivity index (χ0n) is 21.8. The highest BCUT2D eigenvalue weighted by molar-refractivity contribution is 5.71. The van der Waals surface area contributed by atoms with Gasteiger partial charge in [0.25, 0.3) is 0 Å². The van der Waals surface area contributed by atoms with Gasteiger partial charge in [-0.1, -0.05) is 58.1 Å². The molecule has 0 radical (unpaired) electrons. The summed E-state index contributed by atoms with van der Waals surface area (Å²) in [4.78, 5) is 40.1. The van der Waals surface area contributed by atoms with Gasteiger partial charge < -0.3 is 14.9 Å². The largest absolute Gasteiger partial charge is 0.481 e. The SMILES string of the molecule is CCCCCC(OC(=O)C[N+](C)(C)OC(=O)CCC)C(O)C/C=C\CCCCCCCC(=O)O. The van der Waals surface area contributed by atoms with Gasteiger partial charge in [-0.05, 0) is 44.9 Å². The number of aliphatic carboxylic acids is 1. The molecule has 0 heterocycles. The van der Waals surface area contributed by atoms with Gasteiger partial charge in [-0.3, -0.25) is 9.63 Å². The number of ether oxygens (including phenoxy) is 1. The topological polar surface area (TPSA) is 110 Å². The van der Waals surface area contributed by atoms with Crippen LogP contribution >= 0.6 is 0 Å². The number of hydroxylamine groups is 3. The molecule has 2 atom stereocenters. The van der Waals surface area contributed by atoms with E-state index in [4.69, 9.17) is 14.7 Å². The summed E-state index contributed by atoms with van der Waals surface area (Å²) in [6.07, 6.45) is 13.4. The number of unbranched alkanes of at least 4 members (excludes halogenated alkanes) is 7. The minimum Gasteiger partial charge on any atom is -0.481 e. The van der Waals surface area contributed by atoms with Crippen LogP contribution in [0.3, 0.4) is 0 Å². The highest BCUT2D eigenvalue weighted by Crippen LogP contribution is 2.16. The standard InChI is InChI=1S/C26H47NO7/c1-5-7-14-19-23(33-26(32)21-27(3,4)34-25(31)17-6-2)22(28)18-15-12-10-8-9-11-13-16-20-24(29)30/h12,15,22-23,28H,5-11,13-14,16-21H2,1-4H3/p+1/b15-12-. The normalized spacial score (nSPS) is 13.6. The fourth-order valence-electron chi connectivity index (χ4n) is 3.57. The van der Waals surface area contributed by atoms with Crippen molar-refractivity contribution >= 4 is 17.9 Å². The number of carboxylic acids is 1. The lowest BCUT2D eigenvalue weighted by atomic mass is 10.0. The maximum Gasteiger partial charge on any atom is 0.366 e. The monoisotopic (exact) mass is 486 g/mol. The third-order valence-electron chi connectivity index (χ3n) is 5.42. The van der Waals surface area contributed by atoms with Gasteiger partial charge in [0.05, 0.1) is 12.5 Å². The van der Waals surface area contributed by atoms with E-state index in [2.05, 4.69) is 6.92 Å². The van der Waals surface area contributed by atoms with E-state index >= 15 is 0 Å². The smallest absolute Gasteiger partial charge is 0.366 e. The van der Waals surface area contributed by atoms with E-state index in [-0.39, 0.29) is 23.6 Å². The number of carbonyl (C=O) groups is 3. The molecule has 34 heavy (non-hydrogen) atoms. The van der Waals surface area contributed by atoms with E-state index in [0.717, 1.165) is 57.8 Å². The first-order valence-electron chi connectivity index (χ1n) is 12.9. The zero-order valence-corrected chi connectivity index (χ0v) is 21.8. The Morgan fingerprint density at radius 3 is 2.18 bits per heavy atom. The number of carbonyl (C=O) groups excluding carboxylic acids is 2. The number of quaternary nitrogens is 1. The number of aliphatic hydroxyl groups excluding tert-OH is 1. The molecule has 0 aliphatic rings. The summed E-state index contributed by atoms with van der Waals surface area (Å²) in [5.74, 6) is -1.59. The lowest BCUT2D eigenvalue weighted by molar-refractivity contribution is -1.05.